The monoisotopic (exact) mass is 521 g/mol. The molecule has 2 N–H and O–H groups in total. The number of rotatable bonds is 13. The van der Waals surface area contributed by atoms with Crippen molar-refractivity contribution in [2.45, 2.75) is 64.2 Å². The van der Waals surface area contributed by atoms with Gasteiger partial charge in [0.2, 0.25) is 0 Å². The van der Waals surface area contributed by atoms with Crippen LogP contribution in [-0.2, 0) is 16.0 Å². The minimum absolute atomic E-state index is 0.378. The number of halogens is 1. The van der Waals surface area contributed by atoms with E-state index in [0.717, 1.165) is 29.1 Å². The van der Waals surface area contributed by atoms with E-state index in [1.54, 1.807) is 36.9 Å². The molecule has 7 nitrogen and oxygen atoms in total. The number of benzene rings is 2. The maximum absolute atomic E-state index is 11.8. The van der Waals surface area contributed by atoms with Gasteiger partial charge in [-0.25, -0.2) is 0 Å². The average Bonchev–Trinajstić information content (AvgIpc) is 2.82. The SMILES string of the molecule is CCCc1c(OCCCSc2ccc(C(C)C(=O)O)cc2Cl)ccc(C(CC)=NO)c1OC(C)=O. The largest absolute Gasteiger partial charge is 0.493 e. The topological polar surface area (TPSA) is 105 Å². The fraction of sp³-hybridized carbons (Fsp3) is 0.423. The molecule has 1 atom stereocenters. The van der Waals surface area contributed by atoms with Crippen molar-refractivity contribution in [3.8, 4) is 11.5 Å². The van der Waals surface area contributed by atoms with Gasteiger partial charge in [0.25, 0.3) is 0 Å². The van der Waals surface area contributed by atoms with E-state index in [2.05, 4.69) is 5.16 Å². The number of carbonyl (C=O) groups excluding carboxylic acids is 1. The predicted molar refractivity (Wildman–Crippen MR) is 139 cm³/mol. The van der Waals surface area contributed by atoms with Crippen molar-refractivity contribution in [2.24, 2.45) is 5.16 Å². The summed E-state index contributed by atoms with van der Waals surface area (Å²) in [5.41, 5.74) is 2.45. The third-order valence-electron chi connectivity index (χ3n) is 5.36. The molecule has 9 heteroatoms. The lowest BCUT2D eigenvalue weighted by Gasteiger charge is -2.18. The molecule has 0 spiro atoms. The molecule has 0 heterocycles. The Morgan fingerprint density at radius 1 is 1.20 bits per heavy atom. The summed E-state index contributed by atoms with van der Waals surface area (Å²) in [7, 11) is 0. The Labute approximate surface area is 215 Å². The summed E-state index contributed by atoms with van der Waals surface area (Å²) in [5, 5.41) is 22.5. The molecule has 190 valence electrons. The molecule has 0 amide bonds. The minimum Gasteiger partial charge on any atom is -0.493 e. The Balaban J connectivity index is 2.08. The molecule has 0 saturated carbocycles. The second kappa shape index (κ2) is 14.0. The van der Waals surface area contributed by atoms with E-state index in [-0.39, 0.29) is 0 Å². The average molecular weight is 522 g/mol. The van der Waals surface area contributed by atoms with E-state index >= 15 is 0 Å². The van der Waals surface area contributed by atoms with Gasteiger partial charge in [0.05, 0.1) is 23.3 Å². The Bertz CT molecular complexity index is 1070. The van der Waals surface area contributed by atoms with E-state index in [0.29, 0.717) is 52.8 Å². The zero-order valence-electron chi connectivity index (χ0n) is 20.5. The first-order valence-corrected chi connectivity index (χ1v) is 12.9. The van der Waals surface area contributed by atoms with Gasteiger partial charge in [-0.05, 0) is 56.0 Å². The summed E-state index contributed by atoms with van der Waals surface area (Å²) in [5.74, 6) is -0.189. The molecule has 35 heavy (non-hydrogen) atoms. The lowest BCUT2D eigenvalue weighted by Crippen LogP contribution is -2.12. The van der Waals surface area contributed by atoms with E-state index < -0.39 is 17.9 Å². The van der Waals surface area contributed by atoms with Crippen molar-refractivity contribution in [1.82, 2.24) is 0 Å². The van der Waals surface area contributed by atoms with Crippen LogP contribution < -0.4 is 9.47 Å². The van der Waals surface area contributed by atoms with Crippen molar-refractivity contribution in [1.29, 1.82) is 0 Å². The molecular weight excluding hydrogens is 490 g/mol. The van der Waals surface area contributed by atoms with Crippen molar-refractivity contribution in [3.05, 3.63) is 52.0 Å². The Morgan fingerprint density at radius 3 is 2.51 bits per heavy atom. The highest BCUT2D eigenvalue weighted by Gasteiger charge is 2.20. The molecule has 0 radical (unpaired) electrons. The maximum atomic E-state index is 11.8. The van der Waals surface area contributed by atoms with Crippen LogP contribution in [0.4, 0.5) is 0 Å². The van der Waals surface area contributed by atoms with Crippen molar-refractivity contribution >= 4 is 41.0 Å². The lowest BCUT2D eigenvalue weighted by molar-refractivity contribution is -0.138. The summed E-state index contributed by atoms with van der Waals surface area (Å²) < 4.78 is 11.6. The van der Waals surface area contributed by atoms with Crippen LogP contribution in [0.15, 0.2) is 40.4 Å². The molecule has 0 aliphatic carbocycles. The van der Waals surface area contributed by atoms with E-state index in [1.807, 2.05) is 26.0 Å². The first kappa shape index (κ1) is 28.5. The summed E-state index contributed by atoms with van der Waals surface area (Å²) in [6.45, 7) is 7.30. The first-order chi connectivity index (χ1) is 16.7. The number of carboxylic acids is 1. The number of ether oxygens (including phenoxy) is 2. The van der Waals surface area contributed by atoms with E-state index in [1.165, 1.54) is 6.92 Å². The molecule has 0 aliphatic rings. The van der Waals surface area contributed by atoms with Crippen LogP contribution in [0.5, 0.6) is 11.5 Å². The quantitative estimate of drug-likeness (QED) is 0.0585. The molecule has 0 saturated heterocycles. The standard InChI is InChI=1S/C26H32ClNO6S/c1-5-8-20-23(11-10-19(22(6-2)28-32)25(20)34-17(4)29)33-13-7-14-35-24-12-9-18(15-21(24)27)16(3)26(30)31/h9-12,15-16,32H,5-8,13-14H2,1-4H3,(H,30,31). The number of carboxylic acid groups (broad SMARTS) is 1. The number of esters is 1. The fourth-order valence-electron chi connectivity index (χ4n) is 3.50. The van der Waals surface area contributed by atoms with E-state index in [4.69, 9.17) is 26.2 Å². The molecule has 0 aromatic heterocycles. The first-order valence-electron chi connectivity index (χ1n) is 11.6. The Hall–Kier alpha value is -2.71. The van der Waals surface area contributed by atoms with Gasteiger partial charge in [0, 0.05) is 28.7 Å². The van der Waals surface area contributed by atoms with Gasteiger partial charge in [0.1, 0.15) is 11.5 Å². The highest BCUT2D eigenvalue weighted by Crippen LogP contribution is 2.35. The van der Waals surface area contributed by atoms with Gasteiger partial charge in [-0.2, -0.15) is 0 Å². The number of hydrogen-bond donors (Lipinski definition) is 2. The lowest BCUT2D eigenvalue weighted by atomic mass is 9.99. The Morgan fingerprint density at radius 2 is 1.94 bits per heavy atom. The summed E-state index contributed by atoms with van der Waals surface area (Å²) >= 11 is 7.93. The summed E-state index contributed by atoms with van der Waals surface area (Å²) in [6, 6.07) is 8.91. The number of nitrogens with zero attached hydrogens (tertiary/aromatic N) is 1. The second-order valence-corrected chi connectivity index (χ2v) is 9.51. The molecule has 0 fully saturated rings. The van der Waals surface area contributed by atoms with Crippen LogP contribution in [-0.4, -0.2) is 40.3 Å². The van der Waals surface area contributed by atoms with Crippen molar-refractivity contribution in [3.63, 3.8) is 0 Å². The van der Waals surface area contributed by atoms with Gasteiger partial charge in [-0.3, -0.25) is 9.59 Å². The van der Waals surface area contributed by atoms with Gasteiger partial charge in [0.15, 0.2) is 0 Å². The van der Waals surface area contributed by atoms with Gasteiger partial charge in [-0.15, -0.1) is 11.8 Å². The molecule has 2 aromatic carbocycles. The molecule has 0 aliphatic heterocycles. The minimum atomic E-state index is -0.888. The third-order valence-corrected chi connectivity index (χ3v) is 6.94. The Kier molecular flexibility index (Phi) is 11.4. The molecule has 0 bridgehead atoms. The normalized spacial score (nSPS) is 12.3. The van der Waals surface area contributed by atoms with Gasteiger partial charge in [-0.1, -0.05) is 43.1 Å². The zero-order valence-corrected chi connectivity index (χ0v) is 22.0. The second-order valence-electron chi connectivity index (χ2n) is 7.96. The van der Waals surface area contributed by atoms with Gasteiger partial charge >= 0.3 is 11.9 Å². The number of carbonyl (C=O) groups is 2. The highest BCUT2D eigenvalue weighted by atomic mass is 35.5. The highest BCUT2D eigenvalue weighted by molar-refractivity contribution is 7.99. The van der Waals surface area contributed by atoms with Crippen molar-refractivity contribution < 1.29 is 29.4 Å². The molecule has 2 rings (SSSR count). The van der Waals surface area contributed by atoms with Crippen LogP contribution in [0.1, 0.15) is 69.6 Å². The van der Waals surface area contributed by atoms with Crippen molar-refractivity contribution in [2.75, 3.05) is 12.4 Å². The van der Waals surface area contributed by atoms with Gasteiger partial charge < -0.3 is 19.8 Å². The van der Waals surface area contributed by atoms with E-state index in [9.17, 15) is 14.8 Å². The predicted octanol–water partition coefficient (Wildman–Crippen LogP) is 6.56. The number of oxime groups is 1. The molecule has 2 aromatic rings. The van der Waals surface area contributed by atoms with Crippen LogP contribution >= 0.6 is 23.4 Å². The molecule has 1 unspecified atom stereocenters. The van der Waals surface area contributed by atoms with Crippen LogP contribution in [0.25, 0.3) is 0 Å². The van der Waals surface area contributed by atoms with Crippen LogP contribution in [0.2, 0.25) is 5.02 Å². The number of hydrogen-bond acceptors (Lipinski definition) is 7. The number of aliphatic carboxylic acids is 1. The third kappa shape index (κ3) is 7.90. The van der Waals surface area contributed by atoms with Crippen LogP contribution in [0.3, 0.4) is 0 Å². The zero-order chi connectivity index (χ0) is 26.0. The molecular formula is C26H32ClNO6S. The summed E-state index contributed by atoms with van der Waals surface area (Å²) in [6.07, 6.45) is 2.67. The maximum Gasteiger partial charge on any atom is 0.310 e. The van der Waals surface area contributed by atoms with Crippen LogP contribution in [0, 0.1) is 0 Å². The number of thioether (sulfide) groups is 1. The summed E-state index contributed by atoms with van der Waals surface area (Å²) in [4.78, 5) is 23.8. The fourth-order valence-corrected chi connectivity index (χ4v) is 4.70. The smallest absolute Gasteiger partial charge is 0.310 e.